The number of hydrogen-bond donors (Lipinski definition) is 9. The average molecular weight is 478 g/mol. The van der Waals surface area contributed by atoms with E-state index in [-0.39, 0.29) is 0 Å². The Labute approximate surface area is 183 Å². The summed E-state index contributed by atoms with van der Waals surface area (Å²) in [7, 11) is 0. The minimum atomic E-state index is -1.82. The van der Waals surface area contributed by atoms with E-state index in [2.05, 4.69) is 12.2 Å². The Morgan fingerprint density at radius 3 is 1.03 bits per heavy atom. The maximum atomic E-state index is 10.7. The summed E-state index contributed by atoms with van der Waals surface area (Å²) in [5.74, 6) is -3.94. The Bertz CT molecular complexity index is 499. The lowest BCUT2D eigenvalue weighted by Crippen LogP contribution is -2.49. The molecule has 0 spiro atoms. The summed E-state index contributed by atoms with van der Waals surface area (Å²) in [6.45, 7) is 4.66. The van der Waals surface area contributed by atoms with Crippen LogP contribution in [0.2, 0.25) is 0 Å². The second kappa shape index (κ2) is 23.7. The molecule has 0 bridgehead atoms. The molecule has 0 aliphatic heterocycles. The Hall–Kier alpha value is -2.56. The fraction of sp³-hybridized carbons (Fsp3) is 0.625. The molecule has 0 radical (unpaired) electrons. The first kappa shape index (κ1) is 39.0. The van der Waals surface area contributed by atoms with Crippen molar-refractivity contribution in [1.82, 2.24) is 0 Å². The van der Waals surface area contributed by atoms with Gasteiger partial charge in [0.15, 0.2) is 5.78 Å². The first-order chi connectivity index (χ1) is 13.8. The van der Waals surface area contributed by atoms with Gasteiger partial charge in [0.2, 0.25) is 0 Å². The quantitative estimate of drug-likeness (QED) is 0.182. The van der Waals surface area contributed by atoms with Crippen LogP contribution >= 0.6 is 12.2 Å². The Morgan fingerprint density at radius 1 is 0.645 bits per heavy atom. The number of Topliss-reactive ketones (excluding diaryl/α,β-unsaturated/α-hetero) is 1. The number of aliphatic hydroxyl groups excluding tert-OH is 5. The number of aliphatic hydroxyl groups is 5. The molecule has 0 aromatic carbocycles. The highest BCUT2D eigenvalue weighted by atomic mass is 32.1. The molecule has 31 heavy (non-hydrogen) atoms. The van der Waals surface area contributed by atoms with Crippen molar-refractivity contribution in [1.29, 1.82) is 0 Å². The van der Waals surface area contributed by atoms with E-state index in [4.69, 9.17) is 49.8 Å². The molecule has 0 aliphatic rings. The molecule has 184 valence electrons. The van der Waals surface area contributed by atoms with Gasteiger partial charge < -0.3 is 46.0 Å². The molecule has 15 heteroatoms. The Kier molecular flexibility index (Phi) is 29.8. The van der Waals surface area contributed by atoms with Crippen molar-refractivity contribution < 1.29 is 69.9 Å². The second-order valence-corrected chi connectivity index (χ2v) is 5.61. The minimum Gasteiger partial charge on any atom is -0.481 e. The van der Waals surface area contributed by atoms with Gasteiger partial charge in [-0.2, -0.15) is 0 Å². The predicted molar refractivity (Wildman–Crippen MR) is 108 cm³/mol. The third-order valence-corrected chi connectivity index (χ3v) is 2.40. The van der Waals surface area contributed by atoms with Crippen molar-refractivity contribution in [3.8, 4) is 0 Å². The third-order valence-electron chi connectivity index (χ3n) is 1.87. The second-order valence-electron chi connectivity index (χ2n) is 5.17. The van der Waals surface area contributed by atoms with E-state index < -0.39 is 65.5 Å². The fourth-order valence-electron chi connectivity index (χ4n) is 0.886. The van der Waals surface area contributed by atoms with E-state index in [1.165, 1.54) is 0 Å². The van der Waals surface area contributed by atoms with Gasteiger partial charge in [-0.3, -0.25) is 24.0 Å². The number of rotatable bonds is 6. The molecule has 0 aliphatic carbocycles. The third kappa shape index (κ3) is 47.0. The SMILES string of the molecule is CC(=O)C(=S)[C@@H](O)[C@@H](O)[C@H](O)[C@H](O)CO.CC(=O)O.CC(=O)O.CC(=O)O.CC(=O)O. The molecule has 0 fully saturated rings. The number of carboxylic acids is 4. The molecule has 0 heterocycles. The summed E-state index contributed by atoms with van der Waals surface area (Å²) in [4.78, 5) is 46.3. The molecule has 0 saturated carbocycles. The molecule has 0 saturated heterocycles. The van der Waals surface area contributed by atoms with Crippen molar-refractivity contribution in [3.63, 3.8) is 0 Å². The molecular weight excluding hydrogens is 448 g/mol. The van der Waals surface area contributed by atoms with Gasteiger partial charge in [-0.1, -0.05) is 12.2 Å². The van der Waals surface area contributed by atoms with Crippen LogP contribution in [0, 0.1) is 0 Å². The predicted octanol–water partition coefficient (Wildman–Crippen LogP) is -2.26. The van der Waals surface area contributed by atoms with Gasteiger partial charge in [0.25, 0.3) is 23.9 Å². The molecular formula is C16H30O14S. The highest BCUT2D eigenvalue weighted by molar-refractivity contribution is 7.82. The highest BCUT2D eigenvalue weighted by Gasteiger charge is 2.33. The van der Waals surface area contributed by atoms with Crippen LogP contribution in [-0.4, -0.2) is 112 Å². The van der Waals surface area contributed by atoms with Gasteiger partial charge in [-0.05, 0) is 6.92 Å². The summed E-state index contributed by atoms with van der Waals surface area (Å²) in [5.41, 5.74) is 0. The van der Waals surface area contributed by atoms with Gasteiger partial charge >= 0.3 is 0 Å². The zero-order valence-corrected chi connectivity index (χ0v) is 18.3. The van der Waals surface area contributed by atoms with E-state index in [1.54, 1.807) is 0 Å². The first-order valence-electron chi connectivity index (χ1n) is 7.92. The summed E-state index contributed by atoms with van der Waals surface area (Å²) >= 11 is 4.50. The summed E-state index contributed by atoms with van der Waals surface area (Å²) in [6.07, 6.45) is -6.94. The topological polar surface area (TPSA) is 267 Å². The van der Waals surface area contributed by atoms with E-state index in [1.807, 2.05) is 0 Å². The normalized spacial score (nSPS) is 12.5. The lowest BCUT2D eigenvalue weighted by Gasteiger charge is -2.25. The van der Waals surface area contributed by atoms with Crippen molar-refractivity contribution in [3.05, 3.63) is 0 Å². The summed E-state index contributed by atoms with van der Waals surface area (Å²) in [6, 6.07) is 0. The smallest absolute Gasteiger partial charge is 0.300 e. The van der Waals surface area contributed by atoms with Crippen LogP contribution in [0.1, 0.15) is 34.6 Å². The molecule has 9 N–H and O–H groups in total. The van der Waals surface area contributed by atoms with Crippen molar-refractivity contribution >= 4 is 46.7 Å². The molecule has 0 amide bonds. The van der Waals surface area contributed by atoms with Crippen LogP contribution < -0.4 is 0 Å². The van der Waals surface area contributed by atoms with E-state index >= 15 is 0 Å². The highest BCUT2D eigenvalue weighted by Crippen LogP contribution is 2.07. The van der Waals surface area contributed by atoms with E-state index in [0.29, 0.717) is 0 Å². The molecule has 0 rings (SSSR count). The Balaban J connectivity index is -0.000000114. The number of carboxylic acid groups (broad SMARTS) is 4. The molecule has 4 atom stereocenters. The number of aliphatic carboxylic acids is 4. The van der Waals surface area contributed by atoms with Crippen LogP contribution in [0.25, 0.3) is 0 Å². The van der Waals surface area contributed by atoms with Crippen LogP contribution in [0.4, 0.5) is 0 Å². The molecule has 0 aromatic heterocycles. The number of carbonyl (C=O) groups excluding carboxylic acids is 1. The van der Waals surface area contributed by atoms with E-state index in [0.717, 1.165) is 34.6 Å². The van der Waals surface area contributed by atoms with Crippen molar-refractivity contribution in [2.24, 2.45) is 0 Å². The van der Waals surface area contributed by atoms with Crippen LogP contribution in [-0.2, 0) is 24.0 Å². The van der Waals surface area contributed by atoms with Gasteiger partial charge in [0.1, 0.15) is 24.4 Å². The average Bonchev–Trinajstić information content (AvgIpc) is 2.56. The Morgan fingerprint density at radius 2 is 0.871 bits per heavy atom. The lowest BCUT2D eigenvalue weighted by atomic mass is 10.00. The lowest BCUT2D eigenvalue weighted by molar-refractivity contribution is -0.135. The minimum absolute atomic E-state index is 0.438. The van der Waals surface area contributed by atoms with Crippen LogP contribution in [0.15, 0.2) is 0 Å². The zero-order valence-electron chi connectivity index (χ0n) is 17.5. The zero-order chi connectivity index (χ0) is 26.5. The number of thiocarbonyl (C=S) groups is 1. The van der Waals surface area contributed by atoms with Gasteiger partial charge in [-0.25, -0.2) is 0 Å². The maximum Gasteiger partial charge on any atom is 0.300 e. The number of carbonyl (C=O) groups is 5. The van der Waals surface area contributed by atoms with Crippen molar-refractivity contribution in [2.45, 2.75) is 59.0 Å². The van der Waals surface area contributed by atoms with E-state index in [9.17, 15) is 20.1 Å². The van der Waals surface area contributed by atoms with Crippen LogP contribution in [0.3, 0.4) is 0 Å². The standard InChI is InChI=1S/C8H14O6S.4C2H4O2/c1-3(10)8(15)7(14)6(13)5(12)4(11)2-9;4*1-2(3)4/h4-7,9,11-14H,2H2,1H3;4*1H3,(H,3,4)/t4-,5-,6+,7+;;;;/m1..../s1. The molecule has 0 unspecified atom stereocenters. The monoisotopic (exact) mass is 478 g/mol. The van der Waals surface area contributed by atoms with Gasteiger partial charge in [0, 0.05) is 27.7 Å². The first-order valence-corrected chi connectivity index (χ1v) is 8.32. The van der Waals surface area contributed by atoms with Crippen molar-refractivity contribution in [2.75, 3.05) is 6.61 Å². The van der Waals surface area contributed by atoms with Gasteiger partial charge in [-0.15, -0.1) is 0 Å². The van der Waals surface area contributed by atoms with Crippen LogP contribution in [0.5, 0.6) is 0 Å². The maximum absolute atomic E-state index is 10.7. The van der Waals surface area contributed by atoms with Gasteiger partial charge in [0.05, 0.1) is 11.5 Å². The largest absolute Gasteiger partial charge is 0.481 e. The number of hydrogen-bond acceptors (Lipinski definition) is 11. The molecule has 14 nitrogen and oxygen atoms in total. The molecule has 0 aromatic rings. The summed E-state index contributed by atoms with van der Waals surface area (Å²) < 4.78 is 0. The summed E-state index contributed by atoms with van der Waals surface area (Å²) in [5, 5.41) is 74.9. The fourth-order valence-corrected chi connectivity index (χ4v) is 1.03. The number of ketones is 1.